The van der Waals surface area contributed by atoms with Crippen molar-refractivity contribution >= 4 is 5.91 Å². The summed E-state index contributed by atoms with van der Waals surface area (Å²) in [7, 11) is 1.82. The fraction of sp³-hybridized carbons (Fsp3) is 0.722. The number of carbonyl (C=O) groups excluding carboxylic acids is 1. The van der Waals surface area contributed by atoms with Crippen LogP contribution < -0.4 is 0 Å². The van der Waals surface area contributed by atoms with Crippen LogP contribution in [-0.2, 0) is 11.3 Å². The quantitative estimate of drug-likeness (QED) is 0.813. The number of likely N-dealkylation sites (N-methyl/N-ethyl adjacent to an activating group) is 1. The molecular formula is C18H31N3O3. The summed E-state index contributed by atoms with van der Waals surface area (Å²) >= 11 is 0. The minimum Gasteiger partial charge on any atom is -0.464 e. The fourth-order valence-electron chi connectivity index (χ4n) is 3.27. The summed E-state index contributed by atoms with van der Waals surface area (Å²) in [6.45, 7) is 10.2. The number of aliphatic hydroxyl groups excluding tert-OH is 1. The van der Waals surface area contributed by atoms with Crippen molar-refractivity contribution < 1.29 is 14.3 Å². The lowest BCUT2D eigenvalue weighted by Crippen LogP contribution is -2.56. The van der Waals surface area contributed by atoms with Gasteiger partial charge in [0, 0.05) is 39.3 Å². The van der Waals surface area contributed by atoms with Crippen molar-refractivity contribution in [2.75, 3.05) is 39.8 Å². The fourth-order valence-corrected chi connectivity index (χ4v) is 3.27. The van der Waals surface area contributed by atoms with E-state index >= 15 is 0 Å². The molecule has 6 heteroatoms. The molecule has 0 aliphatic carbocycles. The minimum atomic E-state index is -0.310. The number of rotatable bonds is 7. The van der Waals surface area contributed by atoms with Crippen LogP contribution in [0.3, 0.4) is 0 Å². The molecule has 1 fully saturated rings. The van der Waals surface area contributed by atoms with Gasteiger partial charge >= 0.3 is 0 Å². The molecule has 2 rings (SSSR count). The van der Waals surface area contributed by atoms with Gasteiger partial charge in [-0.3, -0.25) is 14.6 Å². The summed E-state index contributed by atoms with van der Waals surface area (Å²) in [4.78, 5) is 18.7. The van der Waals surface area contributed by atoms with Gasteiger partial charge in [0.05, 0.1) is 19.2 Å². The Labute approximate surface area is 145 Å². The van der Waals surface area contributed by atoms with Crippen LogP contribution in [0.1, 0.15) is 31.8 Å². The van der Waals surface area contributed by atoms with Crippen LogP contribution in [0.5, 0.6) is 0 Å². The summed E-state index contributed by atoms with van der Waals surface area (Å²) < 4.78 is 5.54. The predicted octanol–water partition coefficient (Wildman–Crippen LogP) is 1.32. The van der Waals surface area contributed by atoms with E-state index in [0.717, 1.165) is 37.6 Å². The van der Waals surface area contributed by atoms with Crippen molar-refractivity contribution in [3.8, 4) is 0 Å². The lowest BCUT2D eigenvalue weighted by atomic mass is 10.1. The molecule has 6 nitrogen and oxygen atoms in total. The summed E-state index contributed by atoms with van der Waals surface area (Å²) in [6.07, 6.45) is 0.717. The molecule has 2 heterocycles. The van der Waals surface area contributed by atoms with Crippen LogP contribution >= 0.6 is 0 Å². The number of furan rings is 1. The molecule has 0 radical (unpaired) electrons. The Balaban J connectivity index is 1.83. The van der Waals surface area contributed by atoms with E-state index in [-0.39, 0.29) is 12.0 Å². The Morgan fingerprint density at radius 2 is 2.21 bits per heavy atom. The molecule has 1 aliphatic rings. The summed E-state index contributed by atoms with van der Waals surface area (Å²) in [5.74, 6) is 1.80. The largest absolute Gasteiger partial charge is 0.464 e. The summed E-state index contributed by atoms with van der Waals surface area (Å²) in [5.41, 5.74) is 0. The zero-order chi connectivity index (χ0) is 17.7. The highest BCUT2D eigenvalue weighted by atomic mass is 16.3. The van der Waals surface area contributed by atoms with Crippen LogP contribution in [0.25, 0.3) is 0 Å². The van der Waals surface area contributed by atoms with Gasteiger partial charge < -0.3 is 14.4 Å². The molecule has 0 spiro atoms. The third-order valence-corrected chi connectivity index (χ3v) is 4.63. The molecule has 136 valence electrons. The van der Waals surface area contributed by atoms with Gasteiger partial charge in [-0.2, -0.15) is 0 Å². The van der Waals surface area contributed by atoms with E-state index in [2.05, 4.69) is 16.7 Å². The maximum atomic E-state index is 12.5. The van der Waals surface area contributed by atoms with Gasteiger partial charge in [0.1, 0.15) is 11.5 Å². The number of piperazine rings is 1. The van der Waals surface area contributed by atoms with E-state index in [9.17, 15) is 9.90 Å². The molecule has 1 aromatic rings. The molecule has 1 aliphatic heterocycles. The van der Waals surface area contributed by atoms with Gasteiger partial charge in [-0.1, -0.05) is 6.92 Å². The Morgan fingerprint density at radius 1 is 1.46 bits per heavy atom. The Kier molecular flexibility index (Phi) is 6.83. The Hall–Kier alpha value is -1.37. The molecule has 1 amide bonds. The average molecular weight is 337 g/mol. The third-order valence-electron chi connectivity index (χ3n) is 4.63. The number of carbonyl (C=O) groups is 1. The molecule has 0 saturated carbocycles. The number of nitrogens with zero attached hydrogens (tertiary/aromatic N) is 3. The van der Waals surface area contributed by atoms with E-state index < -0.39 is 0 Å². The number of β-amino-alcohol motifs (C(OH)–C–C–N with tert-alkyl or cyclic N) is 1. The highest BCUT2D eigenvalue weighted by Gasteiger charge is 2.28. The van der Waals surface area contributed by atoms with Gasteiger partial charge in [0.25, 0.3) is 0 Å². The number of amides is 1. The maximum absolute atomic E-state index is 12.5. The van der Waals surface area contributed by atoms with Crippen molar-refractivity contribution in [2.45, 2.75) is 45.9 Å². The van der Waals surface area contributed by atoms with Gasteiger partial charge in [0.15, 0.2) is 0 Å². The van der Waals surface area contributed by atoms with Crippen molar-refractivity contribution in [1.82, 2.24) is 14.7 Å². The van der Waals surface area contributed by atoms with Crippen molar-refractivity contribution in [2.24, 2.45) is 0 Å². The van der Waals surface area contributed by atoms with E-state index in [1.54, 1.807) is 4.90 Å². The smallest absolute Gasteiger partial charge is 0.236 e. The summed E-state index contributed by atoms with van der Waals surface area (Å²) in [6, 6.07) is 4.24. The first kappa shape index (κ1) is 19.0. The molecule has 1 saturated heterocycles. The third kappa shape index (κ3) is 5.33. The van der Waals surface area contributed by atoms with Gasteiger partial charge in [-0.15, -0.1) is 0 Å². The van der Waals surface area contributed by atoms with Crippen molar-refractivity contribution in [3.05, 3.63) is 23.7 Å². The molecule has 1 aromatic heterocycles. The first-order valence-corrected chi connectivity index (χ1v) is 8.82. The SMILES string of the molecule is CC[C@@H]1CN(CC(=O)N(C)Cc2ccc(C)o2)CCN1C[C@@H](C)O. The first-order chi connectivity index (χ1) is 11.4. The van der Waals surface area contributed by atoms with E-state index in [1.165, 1.54) is 0 Å². The van der Waals surface area contributed by atoms with Crippen LogP contribution in [-0.4, -0.2) is 77.6 Å². The van der Waals surface area contributed by atoms with Gasteiger partial charge in [-0.05, 0) is 32.4 Å². The number of aryl methyl sites for hydroxylation is 1. The normalized spacial score (nSPS) is 21.0. The van der Waals surface area contributed by atoms with E-state index in [1.807, 2.05) is 33.0 Å². The zero-order valence-corrected chi connectivity index (χ0v) is 15.4. The second-order valence-corrected chi connectivity index (χ2v) is 6.90. The monoisotopic (exact) mass is 337 g/mol. The Morgan fingerprint density at radius 3 is 2.79 bits per heavy atom. The number of hydrogen-bond donors (Lipinski definition) is 1. The molecule has 24 heavy (non-hydrogen) atoms. The molecule has 0 bridgehead atoms. The summed E-state index contributed by atoms with van der Waals surface area (Å²) in [5, 5.41) is 9.62. The predicted molar refractivity (Wildman–Crippen MR) is 93.7 cm³/mol. The zero-order valence-electron chi connectivity index (χ0n) is 15.4. The molecule has 2 atom stereocenters. The number of aliphatic hydroxyl groups is 1. The minimum absolute atomic E-state index is 0.114. The lowest BCUT2D eigenvalue weighted by molar-refractivity contribution is -0.132. The number of hydrogen-bond acceptors (Lipinski definition) is 5. The Bertz CT molecular complexity index is 529. The average Bonchev–Trinajstić information content (AvgIpc) is 2.93. The van der Waals surface area contributed by atoms with Gasteiger partial charge in [0.2, 0.25) is 5.91 Å². The lowest BCUT2D eigenvalue weighted by Gasteiger charge is -2.41. The van der Waals surface area contributed by atoms with Crippen LogP contribution in [0.4, 0.5) is 0 Å². The first-order valence-electron chi connectivity index (χ1n) is 8.82. The maximum Gasteiger partial charge on any atom is 0.236 e. The van der Waals surface area contributed by atoms with E-state index in [0.29, 0.717) is 25.7 Å². The highest BCUT2D eigenvalue weighted by molar-refractivity contribution is 5.77. The molecular weight excluding hydrogens is 306 g/mol. The van der Waals surface area contributed by atoms with E-state index in [4.69, 9.17) is 4.42 Å². The molecule has 0 unspecified atom stereocenters. The van der Waals surface area contributed by atoms with Crippen LogP contribution in [0.15, 0.2) is 16.5 Å². The molecule has 0 aromatic carbocycles. The standard InChI is InChI=1S/C18H31N3O3/c1-5-16-11-20(8-9-21(16)10-14(2)22)13-18(23)19(4)12-17-7-6-15(3)24-17/h6-7,14,16,22H,5,8-13H2,1-4H3/t14-,16-/m1/s1. The van der Waals surface area contributed by atoms with Crippen LogP contribution in [0, 0.1) is 6.92 Å². The topological polar surface area (TPSA) is 60.2 Å². The van der Waals surface area contributed by atoms with Crippen molar-refractivity contribution in [1.29, 1.82) is 0 Å². The van der Waals surface area contributed by atoms with Gasteiger partial charge in [-0.25, -0.2) is 0 Å². The van der Waals surface area contributed by atoms with Crippen LogP contribution in [0.2, 0.25) is 0 Å². The highest BCUT2D eigenvalue weighted by Crippen LogP contribution is 2.14. The van der Waals surface area contributed by atoms with Crippen molar-refractivity contribution in [3.63, 3.8) is 0 Å². The molecule has 1 N–H and O–H groups in total. The second kappa shape index (κ2) is 8.65. The second-order valence-electron chi connectivity index (χ2n) is 6.90.